The minimum absolute atomic E-state index is 0.178. The Morgan fingerprint density at radius 2 is 1.79 bits per heavy atom. The van der Waals surface area contributed by atoms with E-state index in [-0.39, 0.29) is 17.9 Å². The molecule has 1 aromatic rings. The van der Waals surface area contributed by atoms with Crippen LogP contribution in [0.1, 0.15) is 74.7 Å². The summed E-state index contributed by atoms with van der Waals surface area (Å²) in [6.45, 7) is 1.65. The van der Waals surface area contributed by atoms with Gasteiger partial charge < -0.3 is 10.6 Å². The maximum absolute atomic E-state index is 12.6. The van der Waals surface area contributed by atoms with Crippen molar-refractivity contribution in [1.82, 2.24) is 25.5 Å². The highest BCUT2D eigenvalue weighted by atomic mass is 16.2. The molecule has 1 aliphatic heterocycles. The lowest BCUT2D eigenvalue weighted by Gasteiger charge is -2.31. The van der Waals surface area contributed by atoms with Crippen LogP contribution in [-0.4, -0.2) is 57.9 Å². The van der Waals surface area contributed by atoms with E-state index >= 15 is 0 Å². The van der Waals surface area contributed by atoms with Crippen LogP contribution >= 0.6 is 0 Å². The molecule has 2 aliphatic carbocycles. The third-order valence-electron chi connectivity index (χ3n) is 6.62. The van der Waals surface area contributed by atoms with E-state index in [2.05, 4.69) is 25.5 Å². The minimum atomic E-state index is -0.178. The van der Waals surface area contributed by atoms with Crippen LogP contribution in [0.25, 0.3) is 0 Å². The summed E-state index contributed by atoms with van der Waals surface area (Å²) in [6.07, 6.45) is 15.8. The molecule has 7 heteroatoms. The van der Waals surface area contributed by atoms with Gasteiger partial charge in [0.15, 0.2) is 0 Å². The minimum Gasteiger partial charge on any atom is -0.353 e. The van der Waals surface area contributed by atoms with Crippen molar-refractivity contribution in [2.75, 3.05) is 13.1 Å². The third kappa shape index (κ3) is 5.75. The molecule has 0 unspecified atom stereocenters. The highest BCUT2D eigenvalue weighted by molar-refractivity contribution is 5.91. The van der Waals surface area contributed by atoms with Gasteiger partial charge in [-0.2, -0.15) is 0 Å². The van der Waals surface area contributed by atoms with Gasteiger partial charge in [0.25, 0.3) is 5.91 Å². The molecule has 0 radical (unpaired) electrons. The molecule has 2 atom stereocenters. The molecule has 158 valence electrons. The summed E-state index contributed by atoms with van der Waals surface area (Å²) in [4.78, 5) is 35.5. The lowest BCUT2D eigenvalue weighted by atomic mass is 9.95. The molecule has 3 fully saturated rings. The first-order chi connectivity index (χ1) is 14.2. The summed E-state index contributed by atoms with van der Waals surface area (Å²) in [6, 6.07) is 0.956. The number of carbonyl (C=O) groups excluding carboxylic acids is 2. The molecule has 0 bridgehead atoms. The Morgan fingerprint density at radius 1 is 1.00 bits per heavy atom. The fourth-order valence-corrected chi connectivity index (χ4v) is 4.81. The number of hydrogen-bond acceptors (Lipinski definition) is 5. The molecule has 1 saturated heterocycles. The molecule has 4 rings (SSSR count). The molecule has 0 spiro atoms. The van der Waals surface area contributed by atoms with Crippen LogP contribution in [0.3, 0.4) is 0 Å². The average molecular weight is 400 g/mol. The molecule has 2 N–H and O–H groups in total. The zero-order valence-corrected chi connectivity index (χ0v) is 17.2. The van der Waals surface area contributed by atoms with Gasteiger partial charge in [-0.15, -0.1) is 0 Å². The van der Waals surface area contributed by atoms with E-state index in [1.54, 1.807) is 6.20 Å². The summed E-state index contributed by atoms with van der Waals surface area (Å²) < 4.78 is 0. The number of nitrogens with one attached hydrogen (secondary N) is 2. The van der Waals surface area contributed by atoms with E-state index in [1.807, 2.05) is 0 Å². The molecule has 2 amide bonds. The van der Waals surface area contributed by atoms with Gasteiger partial charge in [-0.3, -0.25) is 19.5 Å². The van der Waals surface area contributed by atoms with Crippen molar-refractivity contribution in [2.24, 2.45) is 5.92 Å². The van der Waals surface area contributed by atoms with Crippen molar-refractivity contribution < 1.29 is 9.59 Å². The van der Waals surface area contributed by atoms with Crippen LogP contribution in [0, 0.1) is 5.92 Å². The lowest BCUT2D eigenvalue weighted by Crippen LogP contribution is -2.46. The van der Waals surface area contributed by atoms with Crippen molar-refractivity contribution in [1.29, 1.82) is 0 Å². The Kier molecular flexibility index (Phi) is 6.74. The van der Waals surface area contributed by atoms with E-state index in [9.17, 15) is 9.59 Å². The summed E-state index contributed by atoms with van der Waals surface area (Å²) in [5.74, 6) is 0.783. The molecule has 2 saturated carbocycles. The zero-order chi connectivity index (χ0) is 20.1. The summed E-state index contributed by atoms with van der Waals surface area (Å²) in [7, 11) is 0. The largest absolute Gasteiger partial charge is 0.353 e. The number of likely N-dealkylation sites (tertiary alicyclic amines) is 1. The first-order valence-corrected chi connectivity index (χ1v) is 11.3. The van der Waals surface area contributed by atoms with Crippen LogP contribution in [0.5, 0.6) is 0 Å². The number of rotatable bonds is 8. The van der Waals surface area contributed by atoms with E-state index < -0.39 is 0 Å². The fraction of sp³-hybridized carbons (Fsp3) is 0.727. The number of carbonyl (C=O) groups is 2. The maximum atomic E-state index is 12.6. The normalized spacial score (nSPS) is 25.7. The third-order valence-corrected chi connectivity index (χ3v) is 6.62. The molecule has 0 aromatic carbocycles. The number of hydrogen-bond donors (Lipinski definition) is 2. The first kappa shape index (κ1) is 20.3. The van der Waals surface area contributed by atoms with Gasteiger partial charge in [-0.1, -0.05) is 19.3 Å². The first-order valence-electron chi connectivity index (χ1n) is 11.3. The standard InChI is InChI=1S/C22H33N5O2/c28-21(26-17-4-2-1-3-5-17)12-18-8-9-19(27(18)15-16-6-7-16)13-25-22(29)20-14-23-10-11-24-20/h10-11,14,16-19H,1-9,12-13,15H2,(H,25,29)(H,26,28)/t18-,19+/m1/s1. The Balaban J connectivity index is 1.30. The maximum Gasteiger partial charge on any atom is 0.271 e. The topological polar surface area (TPSA) is 87.2 Å². The molecule has 29 heavy (non-hydrogen) atoms. The van der Waals surface area contributed by atoms with Crippen molar-refractivity contribution in [2.45, 2.75) is 82.3 Å². The van der Waals surface area contributed by atoms with Gasteiger partial charge in [0.1, 0.15) is 5.69 Å². The number of aromatic nitrogens is 2. The van der Waals surface area contributed by atoms with Crippen LogP contribution in [-0.2, 0) is 4.79 Å². The summed E-state index contributed by atoms with van der Waals surface area (Å²) >= 11 is 0. The Morgan fingerprint density at radius 3 is 2.52 bits per heavy atom. The van der Waals surface area contributed by atoms with Crippen molar-refractivity contribution in [3.8, 4) is 0 Å². The number of nitrogens with zero attached hydrogens (tertiary/aromatic N) is 3. The van der Waals surface area contributed by atoms with Gasteiger partial charge in [-0.25, -0.2) is 4.98 Å². The zero-order valence-electron chi connectivity index (χ0n) is 17.2. The predicted molar refractivity (Wildman–Crippen MR) is 110 cm³/mol. The fourth-order valence-electron chi connectivity index (χ4n) is 4.81. The quantitative estimate of drug-likeness (QED) is 0.700. The van der Waals surface area contributed by atoms with Gasteiger partial charge in [0, 0.05) is 50.0 Å². The summed E-state index contributed by atoms with van der Waals surface area (Å²) in [5, 5.41) is 6.29. The van der Waals surface area contributed by atoms with E-state index in [0.29, 0.717) is 30.7 Å². The second-order valence-corrected chi connectivity index (χ2v) is 8.93. The molecule has 7 nitrogen and oxygen atoms in total. The van der Waals surface area contributed by atoms with Crippen LogP contribution in [0.4, 0.5) is 0 Å². The molecule has 2 heterocycles. The highest BCUT2D eigenvalue weighted by Gasteiger charge is 2.38. The van der Waals surface area contributed by atoms with Gasteiger partial charge >= 0.3 is 0 Å². The average Bonchev–Trinajstić information content (AvgIpc) is 3.49. The molecule has 1 aromatic heterocycles. The van der Waals surface area contributed by atoms with Crippen molar-refractivity contribution in [3.63, 3.8) is 0 Å². The van der Waals surface area contributed by atoms with Gasteiger partial charge in [-0.05, 0) is 44.4 Å². The Labute approximate surface area is 173 Å². The monoisotopic (exact) mass is 399 g/mol. The van der Waals surface area contributed by atoms with Crippen molar-refractivity contribution in [3.05, 3.63) is 24.3 Å². The second-order valence-electron chi connectivity index (χ2n) is 8.93. The predicted octanol–water partition coefficient (Wildman–Crippen LogP) is 2.29. The SMILES string of the molecule is O=C(C[C@H]1CC[C@@H](CNC(=O)c2cnccn2)N1CC1CC1)NC1CCCCC1. The lowest BCUT2D eigenvalue weighted by molar-refractivity contribution is -0.123. The second kappa shape index (κ2) is 9.65. The van der Waals surface area contributed by atoms with E-state index in [4.69, 9.17) is 0 Å². The van der Waals surface area contributed by atoms with Crippen LogP contribution < -0.4 is 10.6 Å². The van der Waals surface area contributed by atoms with E-state index in [1.165, 1.54) is 44.5 Å². The van der Waals surface area contributed by atoms with Gasteiger partial charge in [0.05, 0.1) is 6.20 Å². The Bertz CT molecular complexity index is 688. The summed E-state index contributed by atoms with van der Waals surface area (Å²) in [5.41, 5.74) is 0.350. The highest BCUT2D eigenvalue weighted by Crippen LogP contribution is 2.35. The van der Waals surface area contributed by atoms with E-state index in [0.717, 1.165) is 38.1 Å². The Hall–Kier alpha value is -2.02. The van der Waals surface area contributed by atoms with Crippen molar-refractivity contribution >= 4 is 11.8 Å². The smallest absolute Gasteiger partial charge is 0.271 e. The van der Waals surface area contributed by atoms with Crippen LogP contribution in [0.2, 0.25) is 0 Å². The number of amides is 2. The molecular formula is C22H33N5O2. The molecular weight excluding hydrogens is 366 g/mol. The molecule has 3 aliphatic rings. The van der Waals surface area contributed by atoms with Gasteiger partial charge in [0.2, 0.25) is 5.91 Å². The van der Waals surface area contributed by atoms with Crippen LogP contribution in [0.15, 0.2) is 18.6 Å².